The molecule has 1 aliphatic rings. The summed E-state index contributed by atoms with van der Waals surface area (Å²) in [6.45, 7) is 1.43. The lowest BCUT2D eigenvalue weighted by atomic mass is 10.1. The summed E-state index contributed by atoms with van der Waals surface area (Å²) in [5.41, 5.74) is 1.06. The summed E-state index contributed by atoms with van der Waals surface area (Å²) >= 11 is 0. The molecule has 1 fully saturated rings. The van der Waals surface area contributed by atoms with E-state index in [9.17, 15) is 4.79 Å². The molecular formula is C20H25ClN2O2. The lowest BCUT2D eigenvalue weighted by molar-refractivity contribution is -0.122. The number of halogens is 1. The minimum Gasteiger partial charge on any atom is -0.491 e. The fourth-order valence-corrected chi connectivity index (χ4v) is 3.01. The topological polar surface area (TPSA) is 50.4 Å². The standard InChI is InChI=1S/C20H24N2O2.ClH/c23-20(14-17-10-7-13-21-17)22-19(16-8-3-1-4-9-16)15-24-18-11-5-2-6-12-18;/h1-6,8-9,11-12,17,19,21H,7,10,13-15H2,(H,22,23);1H. The van der Waals surface area contributed by atoms with Crippen LogP contribution in [0.2, 0.25) is 0 Å². The van der Waals surface area contributed by atoms with Crippen LogP contribution in [0.3, 0.4) is 0 Å². The van der Waals surface area contributed by atoms with Crippen LogP contribution in [0.5, 0.6) is 5.75 Å². The van der Waals surface area contributed by atoms with E-state index in [0.717, 1.165) is 30.7 Å². The molecule has 4 nitrogen and oxygen atoms in total. The van der Waals surface area contributed by atoms with E-state index in [0.29, 0.717) is 19.1 Å². The van der Waals surface area contributed by atoms with Crippen molar-refractivity contribution in [1.29, 1.82) is 0 Å². The van der Waals surface area contributed by atoms with Gasteiger partial charge in [0, 0.05) is 12.5 Å². The zero-order chi connectivity index (χ0) is 16.6. The normalized spacial score (nSPS) is 17.4. The van der Waals surface area contributed by atoms with Crippen molar-refractivity contribution in [1.82, 2.24) is 10.6 Å². The van der Waals surface area contributed by atoms with Crippen molar-refractivity contribution in [3.63, 3.8) is 0 Å². The maximum absolute atomic E-state index is 12.4. The number of hydrogen-bond acceptors (Lipinski definition) is 3. The number of para-hydroxylation sites is 1. The lowest BCUT2D eigenvalue weighted by Gasteiger charge is -2.21. The first-order chi connectivity index (χ1) is 11.8. The minimum atomic E-state index is -0.152. The number of hydrogen-bond donors (Lipinski definition) is 2. The van der Waals surface area contributed by atoms with E-state index in [1.54, 1.807) is 0 Å². The second-order valence-corrected chi connectivity index (χ2v) is 6.15. The van der Waals surface area contributed by atoms with E-state index >= 15 is 0 Å². The van der Waals surface area contributed by atoms with Gasteiger partial charge in [0.25, 0.3) is 0 Å². The first-order valence-corrected chi connectivity index (χ1v) is 8.57. The van der Waals surface area contributed by atoms with E-state index in [-0.39, 0.29) is 24.4 Å². The molecule has 1 heterocycles. The molecule has 0 bridgehead atoms. The van der Waals surface area contributed by atoms with Gasteiger partial charge in [-0.05, 0) is 37.1 Å². The molecule has 0 aliphatic carbocycles. The largest absolute Gasteiger partial charge is 0.491 e. The van der Waals surface area contributed by atoms with Crippen LogP contribution < -0.4 is 15.4 Å². The fourth-order valence-electron chi connectivity index (χ4n) is 3.01. The van der Waals surface area contributed by atoms with Gasteiger partial charge in [0.2, 0.25) is 5.91 Å². The third kappa shape index (κ3) is 6.07. The predicted molar refractivity (Wildman–Crippen MR) is 102 cm³/mol. The molecule has 2 N–H and O–H groups in total. The molecule has 134 valence electrons. The van der Waals surface area contributed by atoms with Crippen LogP contribution in [0.15, 0.2) is 60.7 Å². The molecule has 2 aromatic rings. The van der Waals surface area contributed by atoms with Crippen LogP contribution in [0.1, 0.15) is 30.9 Å². The second kappa shape index (κ2) is 10.1. The average molecular weight is 361 g/mol. The summed E-state index contributed by atoms with van der Waals surface area (Å²) < 4.78 is 5.86. The van der Waals surface area contributed by atoms with E-state index in [2.05, 4.69) is 10.6 Å². The third-order valence-electron chi connectivity index (χ3n) is 4.29. The van der Waals surface area contributed by atoms with E-state index in [4.69, 9.17) is 4.74 Å². The Labute approximate surface area is 155 Å². The number of carbonyl (C=O) groups excluding carboxylic acids is 1. The molecule has 2 aromatic carbocycles. The number of nitrogens with one attached hydrogen (secondary N) is 2. The minimum absolute atomic E-state index is 0. The SMILES string of the molecule is Cl.O=C(CC1CCCN1)NC(COc1ccccc1)c1ccccc1. The van der Waals surface area contributed by atoms with Crippen molar-refractivity contribution in [2.75, 3.05) is 13.2 Å². The number of amides is 1. The van der Waals surface area contributed by atoms with Crippen molar-refractivity contribution >= 4 is 18.3 Å². The van der Waals surface area contributed by atoms with Gasteiger partial charge >= 0.3 is 0 Å². The average Bonchev–Trinajstić information content (AvgIpc) is 3.13. The molecule has 0 radical (unpaired) electrons. The van der Waals surface area contributed by atoms with Crippen molar-refractivity contribution < 1.29 is 9.53 Å². The summed E-state index contributed by atoms with van der Waals surface area (Å²) in [7, 11) is 0. The molecule has 1 amide bonds. The summed E-state index contributed by atoms with van der Waals surface area (Å²) in [6.07, 6.45) is 2.75. The highest BCUT2D eigenvalue weighted by Crippen LogP contribution is 2.17. The third-order valence-corrected chi connectivity index (χ3v) is 4.29. The van der Waals surface area contributed by atoms with Gasteiger partial charge in [0.05, 0.1) is 6.04 Å². The zero-order valence-corrected chi connectivity index (χ0v) is 15.0. The van der Waals surface area contributed by atoms with Crippen molar-refractivity contribution in [3.05, 3.63) is 66.2 Å². The van der Waals surface area contributed by atoms with Crippen LogP contribution in [-0.2, 0) is 4.79 Å². The second-order valence-electron chi connectivity index (χ2n) is 6.15. The number of ether oxygens (including phenoxy) is 1. The number of rotatable bonds is 7. The summed E-state index contributed by atoms with van der Waals surface area (Å²) in [4.78, 5) is 12.4. The summed E-state index contributed by atoms with van der Waals surface area (Å²) in [5.74, 6) is 0.880. The Bertz CT molecular complexity index is 631. The summed E-state index contributed by atoms with van der Waals surface area (Å²) in [6, 6.07) is 19.8. The monoisotopic (exact) mass is 360 g/mol. The van der Waals surface area contributed by atoms with Gasteiger partial charge in [-0.15, -0.1) is 12.4 Å². The van der Waals surface area contributed by atoms with E-state index in [1.165, 1.54) is 0 Å². The Morgan fingerprint density at radius 3 is 2.44 bits per heavy atom. The Morgan fingerprint density at radius 1 is 1.12 bits per heavy atom. The van der Waals surface area contributed by atoms with Crippen LogP contribution >= 0.6 is 12.4 Å². The Morgan fingerprint density at radius 2 is 1.80 bits per heavy atom. The van der Waals surface area contributed by atoms with Gasteiger partial charge in [-0.2, -0.15) is 0 Å². The van der Waals surface area contributed by atoms with Crippen LogP contribution in [0, 0.1) is 0 Å². The van der Waals surface area contributed by atoms with Crippen LogP contribution in [-0.4, -0.2) is 25.1 Å². The van der Waals surface area contributed by atoms with E-state index in [1.807, 2.05) is 60.7 Å². The smallest absolute Gasteiger partial charge is 0.222 e. The van der Waals surface area contributed by atoms with Crippen molar-refractivity contribution in [2.24, 2.45) is 0 Å². The maximum Gasteiger partial charge on any atom is 0.222 e. The Balaban J connectivity index is 0.00000225. The van der Waals surface area contributed by atoms with Crippen LogP contribution in [0.4, 0.5) is 0 Å². The molecule has 1 saturated heterocycles. The molecule has 25 heavy (non-hydrogen) atoms. The summed E-state index contributed by atoms with van der Waals surface area (Å²) in [5, 5.41) is 6.49. The van der Waals surface area contributed by atoms with Gasteiger partial charge < -0.3 is 15.4 Å². The van der Waals surface area contributed by atoms with Gasteiger partial charge in [0.15, 0.2) is 0 Å². The molecule has 0 aromatic heterocycles. The quantitative estimate of drug-likeness (QED) is 0.794. The van der Waals surface area contributed by atoms with Crippen molar-refractivity contribution in [3.8, 4) is 5.75 Å². The highest BCUT2D eigenvalue weighted by atomic mass is 35.5. The first kappa shape index (κ1) is 19.3. The van der Waals surface area contributed by atoms with Gasteiger partial charge in [-0.25, -0.2) is 0 Å². The predicted octanol–water partition coefficient (Wildman–Crippen LogP) is 3.49. The number of carbonyl (C=O) groups is 1. The van der Waals surface area contributed by atoms with Gasteiger partial charge in [-0.3, -0.25) is 4.79 Å². The fraction of sp³-hybridized carbons (Fsp3) is 0.350. The molecule has 1 aliphatic heterocycles. The highest BCUT2D eigenvalue weighted by molar-refractivity contribution is 5.85. The number of benzene rings is 2. The zero-order valence-electron chi connectivity index (χ0n) is 14.2. The molecule has 2 unspecified atom stereocenters. The first-order valence-electron chi connectivity index (χ1n) is 8.57. The molecule has 0 saturated carbocycles. The Hall–Kier alpha value is -2.04. The molecule has 2 atom stereocenters. The highest BCUT2D eigenvalue weighted by Gasteiger charge is 2.21. The van der Waals surface area contributed by atoms with E-state index < -0.39 is 0 Å². The van der Waals surface area contributed by atoms with Crippen molar-refractivity contribution in [2.45, 2.75) is 31.3 Å². The molecule has 0 spiro atoms. The molecule has 3 rings (SSSR count). The van der Waals surface area contributed by atoms with Crippen LogP contribution in [0.25, 0.3) is 0 Å². The van der Waals surface area contributed by atoms with Gasteiger partial charge in [0.1, 0.15) is 12.4 Å². The maximum atomic E-state index is 12.4. The Kier molecular flexibility index (Phi) is 7.76. The lowest BCUT2D eigenvalue weighted by Crippen LogP contribution is -2.36. The van der Waals surface area contributed by atoms with Gasteiger partial charge in [-0.1, -0.05) is 48.5 Å². The molecular weight excluding hydrogens is 336 g/mol. The molecule has 5 heteroatoms.